The molecule has 0 bridgehead atoms. The first kappa shape index (κ1) is 22.8. The van der Waals surface area contributed by atoms with Gasteiger partial charge in [-0.15, -0.1) is 0 Å². The van der Waals surface area contributed by atoms with Crippen molar-refractivity contribution in [2.45, 2.75) is 6.04 Å². The van der Waals surface area contributed by atoms with Gasteiger partial charge in [0, 0.05) is 17.3 Å². The standard InChI is InChI=1S/C22H21ClN6O3/c23-15-3-1-2-14(8-15)20(25)19(21(26)31)18-11-29(10-17(12-30)27-18)22(32)28-16-6-4-13(9-24)5-7-16/h1-8,17,30H,10-12,25H2,(H2,26,31)(H,28,32). The molecule has 1 heterocycles. The van der Waals surface area contributed by atoms with Crippen molar-refractivity contribution in [3.8, 4) is 6.07 Å². The Bertz CT molecular complexity index is 1140. The van der Waals surface area contributed by atoms with E-state index in [2.05, 4.69) is 10.3 Å². The number of aliphatic hydroxyl groups is 1. The number of aliphatic imine (C=N–C) groups is 1. The van der Waals surface area contributed by atoms with Gasteiger partial charge in [-0.05, 0) is 42.0 Å². The van der Waals surface area contributed by atoms with E-state index in [0.717, 1.165) is 0 Å². The Morgan fingerprint density at radius 1 is 1.25 bits per heavy atom. The molecule has 6 N–H and O–H groups in total. The number of benzene rings is 2. The van der Waals surface area contributed by atoms with Crippen LogP contribution in [0.25, 0.3) is 5.70 Å². The molecule has 1 atom stereocenters. The van der Waals surface area contributed by atoms with E-state index in [1.165, 1.54) is 4.90 Å². The van der Waals surface area contributed by atoms with E-state index in [1.807, 2.05) is 6.07 Å². The van der Waals surface area contributed by atoms with Crippen LogP contribution in [0.2, 0.25) is 5.02 Å². The van der Waals surface area contributed by atoms with E-state index in [4.69, 9.17) is 28.3 Å². The highest BCUT2D eigenvalue weighted by atomic mass is 35.5. The lowest BCUT2D eigenvalue weighted by atomic mass is 10.00. The van der Waals surface area contributed by atoms with Crippen molar-refractivity contribution in [1.29, 1.82) is 5.26 Å². The topological polar surface area (TPSA) is 158 Å². The van der Waals surface area contributed by atoms with E-state index in [9.17, 15) is 14.7 Å². The molecule has 0 saturated heterocycles. The molecule has 0 saturated carbocycles. The largest absolute Gasteiger partial charge is 0.398 e. The molecule has 1 unspecified atom stereocenters. The molecule has 0 aromatic heterocycles. The zero-order valence-corrected chi connectivity index (χ0v) is 17.7. The minimum atomic E-state index is -0.813. The molecule has 9 nitrogen and oxygen atoms in total. The summed E-state index contributed by atoms with van der Waals surface area (Å²) in [6, 6.07) is 13.8. The number of aliphatic hydroxyl groups excluding tert-OH is 1. The number of nitriles is 1. The number of carbonyl (C=O) groups excluding carboxylic acids is 2. The molecule has 1 aliphatic rings. The van der Waals surface area contributed by atoms with Crippen molar-refractivity contribution in [2.75, 3.05) is 25.0 Å². The molecular formula is C22H21ClN6O3. The summed E-state index contributed by atoms with van der Waals surface area (Å²) in [7, 11) is 0. The van der Waals surface area contributed by atoms with Crippen LogP contribution in [0.3, 0.4) is 0 Å². The molecule has 0 spiro atoms. The number of urea groups is 1. The predicted molar refractivity (Wildman–Crippen MR) is 122 cm³/mol. The number of halogens is 1. The van der Waals surface area contributed by atoms with Crippen LogP contribution in [-0.2, 0) is 4.79 Å². The van der Waals surface area contributed by atoms with E-state index in [-0.39, 0.29) is 36.7 Å². The number of hydrogen-bond acceptors (Lipinski definition) is 6. The molecule has 1 aliphatic heterocycles. The number of nitrogens with two attached hydrogens (primary N) is 2. The third-order valence-electron chi connectivity index (χ3n) is 4.81. The Balaban J connectivity index is 1.90. The average Bonchev–Trinajstić information content (AvgIpc) is 2.79. The number of nitrogens with zero attached hydrogens (tertiary/aromatic N) is 3. The van der Waals surface area contributed by atoms with E-state index >= 15 is 0 Å². The predicted octanol–water partition coefficient (Wildman–Crippen LogP) is 1.72. The second-order valence-electron chi connectivity index (χ2n) is 7.08. The summed E-state index contributed by atoms with van der Waals surface area (Å²) in [4.78, 5) is 30.9. The minimum absolute atomic E-state index is 0.0402. The van der Waals surface area contributed by atoms with Gasteiger partial charge in [0.1, 0.15) is 0 Å². The van der Waals surface area contributed by atoms with Crippen LogP contribution in [0.1, 0.15) is 11.1 Å². The molecule has 3 amide bonds. The van der Waals surface area contributed by atoms with Crippen LogP contribution >= 0.6 is 11.6 Å². The van der Waals surface area contributed by atoms with E-state index in [1.54, 1.807) is 48.5 Å². The second-order valence-corrected chi connectivity index (χ2v) is 7.51. The van der Waals surface area contributed by atoms with Crippen molar-refractivity contribution in [3.05, 3.63) is 70.3 Å². The van der Waals surface area contributed by atoms with Gasteiger partial charge < -0.3 is 26.8 Å². The first-order valence-electron chi connectivity index (χ1n) is 9.62. The van der Waals surface area contributed by atoms with Crippen molar-refractivity contribution in [2.24, 2.45) is 16.5 Å². The molecule has 164 valence electrons. The third kappa shape index (κ3) is 5.24. The monoisotopic (exact) mass is 452 g/mol. The highest BCUT2D eigenvalue weighted by Crippen LogP contribution is 2.21. The maximum atomic E-state index is 12.8. The van der Waals surface area contributed by atoms with Gasteiger partial charge in [0.25, 0.3) is 5.91 Å². The SMILES string of the molecule is N#Cc1ccc(NC(=O)N2CC(C(C(N)=O)=C(N)c3cccc(Cl)c3)=NC(CO)C2)cc1. The zero-order valence-electron chi connectivity index (χ0n) is 17.0. The molecular weight excluding hydrogens is 432 g/mol. The quantitative estimate of drug-likeness (QED) is 0.507. The van der Waals surface area contributed by atoms with Crippen molar-refractivity contribution < 1.29 is 14.7 Å². The Morgan fingerprint density at radius 2 is 1.97 bits per heavy atom. The fraction of sp³-hybridized carbons (Fsp3) is 0.182. The van der Waals surface area contributed by atoms with Gasteiger partial charge in [0.15, 0.2) is 0 Å². The summed E-state index contributed by atoms with van der Waals surface area (Å²) in [6.07, 6.45) is 0. The van der Waals surface area contributed by atoms with Gasteiger partial charge >= 0.3 is 6.03 Å². The van der Waals surface area contributed by atoms with Crippen LogP contribution in [0.15, 0.2) is 59.1 Å². The van der Waals surface area contributed by atoms with Crippen LogP contribution in [0.5, 0.6) is 0 Å². The lowest BCUT2D eigenvalue weighted by Crippen LogP contribution is -2.49. The number of hydrogen-bond donors (Lipinski definition) is 4. The Kier molecular flexibility index (Phi) is 7.10. The maximum Gasteiger partial charge on any atom is 0.322 e. The van der Waals surface area contributed by atoms with Gasteiger partial charge in [0.2, 0.25) is 0 Å². The lowest BCUT2D eigenvalue weighted by Gasteiger charge is -2.31. The number of anilines is 1. The van der Waals surface area contributed by atoms with E-state index in [0.29, 0.717) is 21.8 Å². The van der Waals surface area contributed by atoms with E-state index < -0.39 is 18.0 Å². The molecule has 32 heavy (non-hydrogen) atoms. The van der Waals surface area contributed by atoms with Crippen molar-refractivity contribution >= 4 is 40.6 Å². The Labute approximate surface area is 189 Å². The fourth-order valence-electron chi connectivity index (χ4n) is 3.26. The molecule has 3 rings (SSSR count). The van der Waals surface area contributed by atoms with Gasteiger partial charge in [0.05, 0.1) is 47.8 Å². The van der Waals surface area contributed by atoms with Crippen LogP contribution in [0, 0.1) is 11.3 Å². The molecule has 2 aromatic rings. The first-order valence-corrected chi connectivity index (χ1v) is 9.99. The van der Waals surface area contributed by atoms with Crippen molar-refractivity contribution in [3.63, 3.8) is 0 Å². The van der Waals surface area contributed by atoms with Crippen molar-refractivity contribution in [1.82, 2.24) is 4.90 Å². The van der Waals surface area contributed by atoms with Gasteiger partial charge in [-0.2, -0.15) is 5.26 Å². The Morgan fingerprint density at radius 3 is 2.56 bits per heavy atom. The Hall–Kier alpha value is -3.87. The lowest BCUT2D eigenvalue weighted by molar-refractivity contribution is -0.114. The summed E-state index contributed by atoms with van der Waals surface area (Å²) in [5, 5.41) is 21.7. The molecule has 0 radical (unpaired) electrons. The smallest absolute Gasteiger partial charge is 0.322 e. The maximum absolute atomic E-state index is 12.8. The van der Waals surface area contributed by atoms with Crippen LogP contribution in [-0.4, -0.2) is 53.4 Å². The van der Waals surface area contributed by atoms with Gasteiger partial charge in [-0.25, -0.2) is 4.79 Å². The fourth-order valence-corrected chi connectivity index (χ4v) is 3.45. The number of carbonyl (C=O) groups is 2. The summed E-state index contributed by atoms with van der Waals surface area (Å²) in [5.74, 6) is -0.813. The number of nitrogens with one attached hydrogen (secondary N) is 1. The first-order chi connectivity index (χ1) is 15.3. The summed E-state index contributed by atoms with van der Waals surface area (Å²) >= 11 is 6.03. The minimum Gasteiger partial charge on any atom is -0.398 e. The summed E-state index contributed by atoms with van der Waals surface area (Å²) < 4.78 is 0. The van der Waals surface area contributed by atoms with Crippen LogP contribution < -0.4 is 16.8 Å². The highest BCUT2D eigenvalue weighted by molar-refractivity contribution is 6.31. The average molecular weight is 453 g/mol. The van der Waals surface area contributed by atoms with Crippen LogP contribution in [0.4, 0.5) is 10.5 Å². The number of amides is 3. The van der Waals surface area contributed by atoms with Gasteiger partial charge in [-0.1, -0.05) is 23.7 Å². The zero-order chi connectivity index (χ0) is 23.3. The van der Waals surface area contributed by atoms with Gasteiger partial charge in [-0.3, -0.25) is 9.79 Å². The second kappa shape index (κ2) is 9.96. The number of primary amides is 1. The molecule has 0 aliphatic carbocycles. The third-order valence-corrected chi connectivity index (χ3v) is 5.05. The summed E-state index contributed by atoms with van der Waals surface area (Å²) in [5.41, 5.74) is 13.5. The highest BCUT2D eigenvalue weighted by Gasteiger charge is 2.30. The number of rotatable bonds is 5. The molecule has 10 heteroatoms. The molecule has 2 aromatic carbocycles. The normalized spacial score (nSPS) is 16.5. The summed E-state index contributed by atoms with van der Waals surface area (Å²) in [6.45, 7) is -0.253. The molecule has 0 fully saturated rings.